The van der Waals surface area contributed by atoms with Crippen LogP contribution in [0.25, 0.3) is 5.70 Å². The molecule has 0 fully saturated rings. The van der Waals surface area contributed by atoms with Gasteiger partial charge in [-0.25, -0.2) is 0 Å². The van der Waals surface area contributed by atoms with E-state index >= 15 is 0 Å². The third kappa shape index (κ3) is 4.03. The molecule has 0 aromatic heterocycles. The third-order valence-corrected chi connectivity index (χ3v) is 4.58. The van der Waals surface area contributed by atoms with Crippen LogP contribution in [-0.4, -0.2) is 5.78 Å². The number of hydrogen-bond acceptors (Lipinski definition) is 4. The van der Waals surface area contributed by atoms with Crippen LogP contribution in [0.2, 0.25) is 0 Å². The zero-order valence-electron chi connectivity index (χ0n) is 14.2. The summed E-state index contributed by atoms with van der Waals surface area (Å²) >= 11 is 1.58. The molecule has 1 aliphatic heterocycles. The van der Waals surface area contributed by atoms with Gasteiger partial charge in [-0.3, -0.25) is 4.79 Å². The summed E-state index contributed by atoms with van der Waals surface area (Å²) in [6.07, 6.45) is 1.69. The topological polar surface area (TPSA) is 38.3 Å². The monoisotopic (exact) mass is 349 g/mol. The van der Waals surface area contributed by atoms with Crippen LogP contribution in [0.15, 0.2) is 77.4 Å². The Morgan fingerprint density at radius 3 is 2.64 bits per heavy atom. The van der Waals surface area contributed by atoms with Gasteiger partial charge >= 0.3 is 0 Å². The molecule has 1 aliphatic rings. The summed E-state index contributed by atoms with van der Waals surface area (Å²) < 4.78 is 5.74. The van der Waals surface area contributed by atoms with Crippen molar-refractivity contribution in [1.82, 2.24) is 5.32 Å². The second-order valence-corrected chi connectivity index (χ2v) is 6.74. The molecule has 3 rings (SSSR count). The smallest absolute Gasteiger partial charge is 0.188 e. The van der Waals surface area contributed by atoms with E-state index in [-0.39, 0.29) is 5.78 Å². The molecule has 0 radical (unpaired) electrons. The molecule has 0 atom stereocenters. The molecule has 1 heterocycles. The number of aryl methyl sites for hydroxylation is 1. The second-order valence-electron chi connectivity index (χ2n) is 5.83. The van der Waals surface area contributed by atoms with Gasteiger partial charge < -0.3 is 10.1 Å². The largest absolute Gasteiger partial charge is 0.462 e. The molecule has 4 heteroatoms. The quantitative estimate of drug-likeness (QED) is 0.453. The minimum absolute atomic E-state index is 0.0351. The van der Waals surface area contributed by atoms with E-state index in [0.717, 1.165) is 21.9 Å². The van der Waals surface area contributed by atoms with E-state index < -0.39 is 0 Å². The number of thioether (sulfide) groups is 1. The summed E-state index contributed by atoms with van der Waals surface area (Å²) in [5.74, 6) is 0.658. The summed E-state index contributed by atoms with van der Waals surface area (Å²) in [5.41, 5.74) is 4.26. The zero-order valence-corrected chi connectivity index (χ0v) is 15.0. The molecule has 1 N–H and O–H groups in total. The number of carbonyl (C=O) groups excluding carboxylic acids is 1. The number of ether oxygens (including phenoxy) is 1. The summed E-state index contributed by atoms with van der Waals surface area (Å²) in [4.78, 5) is 12.0. The van der Waals surface area contributed by atoms with E-state index in [4.69, 9.17) is 4.74 Å². The van der Waals surface area contributed by atoms with Crippen LogP contribution in [0.1, 0.15) is 28.4 Å². The van der Waals surface area contributed by atoms with Crippen molar-refractivity contribution in [2.75, 3.05) is 0 Å². The Labute approximate surface area is 152 Å². The number of ketones is 1. The van der Waals surface area contributed by atoms with Crippen LogP contribution in [0.4, 0.5) is 0 Å². The summed E-state index contributed by atoms with van der Waals surface area (Å²) in [5, 5.41) is 6.31. The lowest BCUT2D eigenvalue weighted by atomic mass is 10.0. The first-order valence-corrected chi connectivity index (χ1v) is 8.79. The third-order valence-electron chi connectivity index (χ3n) is 3.78. The lowest BCUT2D eigenvalue weighted by Crippen LogP contribution is -2.05. The van der Waals surface area contributed by atoms with Gasteiger partial charge in [-0.15, -0.1) is 0 Å². The molecule has 0 aliphatic carbocycles. The zero-order chi connectivity index (χ0) is 17.8. The lowest BCUT2D eigenvalue weighted by Gasteiger charge is -2.08. The predicted molar refractivity (Wildman–Crippen MR) is 104 cm³/mol. The van der Waals surface area contributed by atoms with Crippen molar-refractivity contribution in [3.8, 4) is 5.75 Å². The molecule has 3 nitrogen and oxygen atoms in total. The van der Waals surface area contributed by atoms with E-state index in [0.29, 0.717) is 16.9 Å². The van der Waals surface area contributed by atoms with Crippen LogP contribution in [0.3, 0.4) is 0 Å². The Morgan fingerprint density at radius 2 is 1.96 bits per heavy atom. The number of Topliss-reactive ketones (excluding diaryl/α,β-unsaturated/α-hetero) is 1. The van der Waals surface area contributed by atoms with Crippen molar-refractivity contribution in [2.45, 2.75) is 13.8 Å². The van der Waals surface area contributed by atoms with Crippen LogP contribution in [-0.2, 0) is 0 Å². The Kier molecular flexibility index (Phi) is 5.10. The minimum atomic E-state index is -0.0351. The molecule has 0 spiro atoms. The van der Waals surface area contributed by atoms with Crippen LogP contribution in [0.5, 0.6) is 5.75 Å². The number of carbonyl (C=O) groups is 1. The highest BCUT2D eigenvalue weighted by Gasteiger charge is 2.13. The fourth-order valence-electron chi connectivity index (χ4n) is 2.44. The van der Waals surface area contributed by atoms with Crippen molar-refractivity contribution in [1.29, 1.82) is 0 Å². The minimum Gasteiger partial charge on any atom is -0.462 e. The summed E-state index contributed by atoms with van der Waals surface area (Å²) in [6, 6.07) is 15.6. The van der Waals surface area contributed by atoms with Gasteiger partial charge in [-0.1, -0.05) is 48.7 Å². The van der Waals surface area contributed by atoms with Gasteiger partial charge in [0.1, 0.15) is 17.0 Å². The molecule has 2 aromatic carbocycles. The summed E-state index contributed by atoms with van der Waals surface area (Å²) in [6.45, 7) is 7.32. The van der Waals surface area contributed by atoms with E-state index in [1.807, 2.05) is 31.2 Å². The maximum absolute atomic E-state index is 12.0. The van der Waals surface area contributed by atoms with E-state index in [2.05, 4.69) is 29.4 Å². The maximum Gasteiger partial charge on any atom is 0.188 e. The van der Waals surface area contributed by atoms with Gasteiger partial charge in [-0.2, -0.15) is 0 Å². The molecule has 0 bridgehead atoms. The van der Waals surface area contributed by atoms with Crippen molar-refractivity contribution in [3.63, 3.8) is 0 Å². The number of rotatable bonds is 5. The Bertz CT molecular complexity index is 882. The molecular weight excluding hydrogens is 330 g/mol. The van der Waals surface area contributed by atoms with Gasteiger partial charge in [0.15, 0.2) is 5.78 Å². The number of hydrogen-bond donors (Lipinski definition) is 1. The Balaban J connectivity index is 1.66. The molecule has 0 saturated carbocycles. The first kappa shape index (κ1) is 17.1. The van der Waals surface area contributed by atoms with E-state index in [1.165, 1.54) is 0 Å². The highest BCUT2D eigenvalue weighted by Crippen LogP contribution is 2.30. The molecule has 0 saturated heterocycles. The Hall–Kier alpha value is -2.72. The maximum atomic E-state index is 12.0. The predicted octanol–water partition coefficient (Wildman–Crippen LogP) is 5.27. The van der Waals surface area contributed by atoms with Crippen LogP contribution >= 0.6 is 11.8 Å². The van der Waals surface area contributed by atoms with Gasteiger partial charge in [0, 0.05) is 11.0 Å². The first-order chi connectivity index (χ1) is 12.0. The Morgan fingerprint density at radius 1 is 1.20 bits per heavy atom. The van der Waals surface area contributed by atoms with Gasteiger partial charge in [0.25, 0.3) is 0 Å². The SMILES string of the molecule is C=C(C)C(=O)c1ccc(OC=C2NC(c3ccccc3)=CS2)cc1C. The number of nitrogens with one attached hydrogen (secondary N) is 1. The first-order valence-electron chi connectivity index (χ1n) is 7.91. The van der Waals surface area contributed by atoms with Crippen molar-refractivity contribution >= 4 is 23.2 Å². The molecule has 0 amide bonds. The van der Waals surface area contributed by atoms with Gasteiger partial charge in [0.2, 0.25) is 0 Å². The standard InChI is InChI=1S/C21H19NO2S/c1-14(2)21(23)18-10-9-17(11-15(18)3)24-12-20-22-19(13-25-20)16-7-5-4-6-8-16/h4-13,22H,1H2,2-3H3. The molecule has 2 aromatic rings. The molecule has 25 heavy (non-hydrogen) atoms. The normalized spacial score (nSPS) is 14.8. The van der Waals surface area contributed by atoms with Crippen molar-refractivity contribution < 1.29 is 9.53 Å². The van der Waals surface area contributed by atoms with Crippen LogP contribution < -0.4 is 10.1 Å². The highest BCUT2D eigenvalue weighted by atomic mass is 32.2. The lowest BCUT2D eigenvalue weighted by molar-refractivity contribution is 0.103. The molecule has 0 unspecified atom stereocenters. The van der Waals surface area contributed by atoms with Crippen molar-refractivity contribution in [3.05, 3.63) is 94.1 Å². The van der Waals surface area contributed by atoms with Crippen molar-refractivity contribution in [2.24, 2.45) is 0 Å². The van der Waals surface area contributed by atoms with E-state index in [1.54, 1.807) is 37.1 Å². The number of benzene rings is 2. The fourth-order valence-corrected chi connectivity index (χ4v) is 3.16. The number of allylic oxidation sites excluding steroid dienone is 1. The average Bonchev–Trinajstić information content (AvgIpc) is 3.09. The van der Waals surface area contributed by atoms with Gasteiger partial charge in [0.05, 0.1) is 5.70 Å². The second kappa shape index (κ2) is 7.45. The van der Waals surface area contributed by atoms with E-state index in [9.17, 15) is 4.79 Å². The highest BCUT2D eigenvalue weighted by molar-refractivity contribution is 8.06. The van der Waals surface area contributed by atoms with Gasteiger partial charge in [-0.05, 0) is 48.7 Å². The fraction of sp³-hybridized carbons (Fsp3) is 0.0952. The summed E-state index contributed by atoms with van der Waals surface area (Å²) in [7, 11) is 0. The average molecular weight is 349 g/mol. The molecular formula is C21H19NO2S. The van der Waals surface area contributed by atoms with Crippen LogP contribution in [0, 0.1) is 6.92 Å². The molecule has 126 valence electrons.